The number of imide groups is 1. The average molecular weight is 345 g/mol. The lowest BCUT2D eigenvalue weighted by Crippen LogP contribution is -2.35. The quantitative estimate of drug-likeness (QED) is 0.768. The maximum Gasteiger partial charge on any atom is 0.256 e. The van der Waals surface area contributed by atoms with Crippen molar-refractivity contribution in [1.82, 2.24) is 4.90 Å². The number of benzene rings is 1. The molecule has 1 saturated heterocycles. The van der Waals surface area contributed by atoms with E-state index in [1.54, 1.807) is 18.2 Å². The molecule has 6 nitrogen and oxygen atoms in total. The fraction of sp³-hybridized carbons (Fsp3) is 0.368. The molecule has 1 aromatic carbocycles. The zero-order valence-corrected chi connectivity index (χ0v) is 14.8. The molecule has 1 aliphatic rings. The van der Waals surface area contributed by atoms with Gasteiger partial charge in [-0.15, -0.1) is 0 Å². The maximum absolute atomic E-state index is 12.4. The molecule has 0 N–H and O–H groups in total. The number of ether oxygens (including phenoxy) is 3. The molecule has 1 aromatic rings. The average Bonchev–Trinajstić information content (AvgIpc) is 2.80. The minimum absolute atomic E-state index is 0.294. The van der Waals surface area contributed by atoms with Crippen LogP contribution in [0.2, 0.25) is 0 Å². The number of hydrogen-bond donors (Lipinski definition) is 0. The third-order valence-corrected chi connectivity index (χ3v) is 4.03. The summed E-state index contributed by atoms with van der Waals surface area (Å²) in [6.45, 7) is 4.17. The fourth-order valence-electron chi connectivity index (χ4n) is 2.67. The molecule has 2 rings (SSSR count). The topological polar surface area (TPSA) is 65.1 Å². The standard InChI is InChI=1S/C19H23NO5/c1-13-7-5-6-10-20(19(13)22)17(21)9-8-14-11-15(23-2)18(25-4)16(12-14)24-3/h8-9,11-12H,1,5-7,10H2,2-4H3/b9-8+. The molecule has 0 radical (unpaired) electrons. The van der Waals surface area contributed by atoms with Crippen LogP contribution in [-0.4, -0.2) is 44.6 Å². The number of hydrogen-bond acceptors (Lipinski definition) is 5. The lowest BCUT2D eigenvalue weighted by Gasteiger charge is -2.17. The van der Waals surface area contributed by atoms with Gasteiger partial charge in [0.2, 0.25) is 5.75 Å². The molecule has 0 saturated carbocycles. The van der Waals surface area contributed by atoms with Gasteiger partial charge in [0.15, 0.2) is 11.5 Å². The summed E-state index contributed by atoms with van der Waals surface area (Å²) in [5, 5.41) is 0. The SMILES string of the molecule is C=C1CCCCN(C(=O)/C=C/c2cc(OC)c(OC)c(OC)c2)C1=O. The third kappa shape index (κ3) is 4.21. The maximum atomic E-state index is 12.4. The molecule has 0 aliphatic carbocycles. The van der Waals surface area contributed by atoms with Gasteiger partial charge in [-0.3, -0.25) is 14.5 Å². The van der Waals surface area contributed by atoms with Crippen molar-refractivity contribution in [2.24, 2.45) is 0 Å². The molecule has 1 fully saturated rings. The summed E-state index contributed by atoms with van der Waals surface area (Å²) < 4.78 is 15.9. The molecule has 2 amide bonds. The summed E-state index contributed by atoms with van der Waals surface area (Å²) in [5.41, 5.74) is 1.18. The second kappa shape index (κ2) is 8.37. The normalized spacial score (nSPS) is 15.2. The van der Waals surface area contributed by atoms with E-state index in [4.69, 9.17) is 14.2 Å². The first kappa shape index (κ1) is 18.6. The Morgan fingerprint density at radius 2 is 1.76 bits per heavy atom. The van der Waals surface area contributed by atoms with E-state index >= 15 is 0 Å². The number of amides is 2. The highest BCUT2D eigenvalue weighted by atomic mass is 16.5. The molecular formula is C19H23NO5. The molecule has 0 unspecified atom stereocenters. The van der Waals surface area contributed by atoms with Crippen LogP contribution in [0.25, 0.3) is 6.08 Å². The summed E-state index contributed by atoms with van der Waals surface area (Å²) in [4.78, 5) is 25.8. The van der Waals surface area contributed by atoms with Gasteiger partial charge in [-0.1, -0.05) is 6.58 Å². The number of nitrogens with zero attached hydrogens (tertiary/aromatic N) is 1. The van der Waals surface area contributed by atoms with Crippen molar-refractivity contribution in [2.45, 2.75) is 19.3 Å². The van der Waals surface area contributed by atoms with Crippen LogP contribution in [-0.2, 0) is 9.59 Å². The lowest BCUT2D eigenvalue weighted by molar-refractivity contribution is -0.139. The first-order valence-electron chi connectivity index (χ1n) is 8.03. The number of likely N-dealkylation sites (tertiary alicyclic amines) is 1. The smallest absolute Gasteiger partial charge is 0.256 e. The van der Waals surface area contributed by atoms with Gasteiger partial charge < -0.3 is 14.2 Å². The molecule has 0 aromatic heterocycles. The van der Waals surface area contributed by atoms with E-state index in [2.05, 4.69) is 6.58 Å². The highest BCUT2D eigenvalue weighted by Crippen LogP contribution is 2.38. The Balaban J connectivity index is 2.24. The number of carbonyl (C=O) groups excluding carboxylic acids is 2. The third-order valence-electron chi connectivity index (χ3n) is 4.03. The molecule has 0 bridgehead atoms. The minimum atomic E-state index is -0.359. The predicted molar refractivity (Wildman–Crippen MR) is 94.8 cm³/mol. The van der Waals surface area contributed by atoms with Gasteiger partial charge in [0.25, 0.3) is 11.8 Å². The summed E-state index contributed by atoms with van der Waals surface area (Å²) >= 11 is 0. The van der Waals surface area contributed by atoms with Crippen LogP contribution in [0.4, 0.5) is 0 Å². The Morgan fingerprint density at radius 1 is 1.12 bits per heavy atom. The van der Waals surface area contributed by atoms with Crippen molar-refractivity contribution in [1.29, 1.82) is 0 Å². The highest BCUT2D eigenvalue weighted by molar-refractivity contribution is 6.08. The van der Waals surface area contributed by atoms with Gasteiger partial charge in [-0.2, -0.15) is 0 Å². The van der Waals surface area contributed by atoms with Gasteiger partial charge in [0.05, 0.1) is 21.3 Å². The number of methoxy groups -OCH3 is 3. The largest absolute Gasteiger partial charge is 0.493 e. The van der Waals surface area contributed by atoms with Crippen molar-refractivity contribution in [3.63, 3.8) is 0 Å². The molecule has 0 atom stereocenters. The number of carbonyl (C=O) groups is 2. The molecule has 6 heteroatoms. The Labute approximate surface area is 147 Å². The summed E-state index contributed by atoms with van der Waals surface area (Å²) in [5.74, 6) is 0.813. The van der Waals surface area contributed by atoms with Gasteiger partial charge in [0.1, 0.15) is 0 Å². The summed E-state index contributed by atoms with van der Waals surface area (Å²) in [7, 11) is 4.58. The van der Waals surface area contributed by atoms with E-state index in [9.17, 15) is 9.59 Å². The van der Waals surface area contributed by atoms with Crippen LogP contribution in [0.3, 0.4) is 0 Å². The first-order chi connectivity index (χ1) is 12.0. The van der Waals surface area contributed by atoms with Gasteiger partial charge in [0, 0.05) is 18.2 Å². The van der Waals surface area contributed by atoms with Crippen LogP contribution in [0.1, 0.15) is 24.8 Å². The van der Waals surface area contributed by atoms with E-state index < -0.39 is 0 Å². The summed E-state index contributed by atoms with van der Waals surface area (Å²) in [6, 6.07) is 3.46. The second-order valence-electron chi connectivity index (χ2n) is 5.65. The predicted octanol–water partition coefficient (Wildman–Crippen LogP) is 2.82. The van der Waals surface area contributed by atoms with Crippen LogP contribution in [0.15, 0.2) is 30.4 Å². The van der Waals surface area contributed by atoms with Crippen LogP contribution in [0, 0.1) is 0 Å². The van der Waals surface area contributed by atoms with Crippen molar-refractivity contribution in [3.8, 4) is 17.2 Å². The van der Waals surface area contributed by atoms with Crippen molar-refractivity contribution < 1.29 is 23.8 Å². The Morgan fingerprint density at radius 3 is 2.32 bits per heavy atom. The van der Waals surface area contributed by atoms with E-state index in [0.29, 0.717) is 41.4 Å². The molecule has 134 valence electrons. The van der Waals surface area contributed by atoms with Crippen LogP contribution < -0.4 is 14.2 Å². The van der Waals surface area contributed by atoms with Gasteiger partial charge in [-0.25, -0.2) is 0 Å². The van der Waals surface area contributed by atoms with Crippen molar-refractivity contribution >= 4 is 17.9 Å². The molecule has 25 heavy (non-hydrogen) atoms. The van der Waals surface area contributed by atoms with Gasteiger partial charge in [-0.05, 0) is 43.0 Å². The van der Waals surface area contributed by atoms with E-state index in [1.807, 2.05) is 0 Å². The Bertz CT molecular complexity index is 683. The highest BCUT2D eigenvalue weighted by Gasteiger charge is 2.24. The fourth-order valence-corrected chi connectivity index (χ4v) is 2.67. The van der Waals surface area contributed by atoms with Gasteiger partial charge >= 0.3 is 0 Å². The van der Waals surface area contributed by atoms with Crippen LogP contribution in [0.5, 0.6) is 17.2 Å². The Kier molecular flexibility index (Phi) is 6.22. The van der Waals surface area contributed by atoms with Crippen LogP contribution >= 0.6 is 0 Å². The van der Waals surface area contributed by atoms with E-state index in [-0.39, 0.29) is 11.8 Å². The zero-order valence-electron chi connectivity index (χ0n) is 14.8. The molecular weight excluding hydrogens is 322 g/mol. The van der Waals surface area contributed by atoms with E-state index in [1.165, 1.54) is 32.3 Å². The van der Waals surface area contributed by atoms with E-state index in [0.717, 1.165) is 12.8 Å². The summed E-state index contributed by atoms with van der Waals surface area (Å²) in [6.07, 6.45) is 5.28. The van der Waals surface area contributed by atoms with Crippen molar-refractivity contribution in [2.75, 3.05) is 27.9 Å². The monoisotopic (exact) mass is 345 g/mol. The van der Waals surface area contributed by atoms with Crippen molar-refractivity contribution in [3.05, 3.63) is 35.9 Å². The minimum Gasteiger partial charge on any atom is -0.493 e. The zero-order chi connectivity index (χ0) is 18.4. The second-order valence-corrected chi connectivity index (χ2v) is 5.65. The lowest BCUT2D eigenvalue weighted by atomic mass is 10.1. The Hall–Kier alpha value is -2.76. The molecule has 1 aliphatic heterocycles. The molecule has 0 spiro atoms. The number of rotatable bonds is 5. The first-order valence-corrected chi connectivity index (χ1v) is 8.03. The molecule has 1 heterocycles.